The van der Waals surface area contributed by atoms with E-state index in [1.165, 1.54) is 64.8 Å². The molecule has 0 saturated carbocycles. The molecule has 2 aliphatic rings. The Morgan fingerprint density at radius 2 is 1.97 bits per heavy atom. The number of nitrogens with zero attached hydrogens (tertiary/aromatic N) is 4. The molecule has 0 aliphatic carbocycles. The van der Waals surface area contributed by atoms with Gasteiger partial charge in [0.05, 0.1) is 24.9 Å². The lowest BCUT2D eigenvalue weighted by molar-refractivity contribution is -0.0712. The molecule has 4 aromatic rings. The number of fused-ring (bicyclic) bond motifs is 2. The number of benzene rings is 1. The molecule has 0 radical (unpaired) electrons. The first kappa shape index (κ1) is 20.9. The third-order valence-corrected chi connectivity index (χ3v) is 7.70. The molecule has 5 heterocycles. The highest BCUT2D eigenvalue weighted by atomic mass is 16.5. The smallest absolute Gasteiger partial charge is 0.158 e. The zero-order valence-electron chi connectivity index (χ0n) is 19.8. The Kier molecular flexibility index (Phi) is 5.23. The summed E-state index contributed by atoms with van der Waals surface area (Å²) in [5.41, 5.74) is 8.68. The van der Waals surface area contributed by atoms with Crippen LogP contribution in [-0.4, -0.2) is 56.8 Å². The van der Waals surface area contributed by atoms with Gasteiger partial charge < -0.3 is 9.72 Å². The number of piperidine rings is 1. The minimum atomic E-state index is 0.418. The maximum Gasteiger partial charge on any atom is 0.158 e. The van der Waals surface area contributed by atoms with E-state index in [-0.39, 0.29) is 0 Å². The van der Waals surface area contributed by atoms with E-state index in [9.17, 15) is 0 Å². The Morgan fingerprint density at radius 1 is 1.15 bits per heavy atom. The predicted octanol–water partition coefficient (Wildman–Crippen LogP) is 5.14. The first-order chi connectivity index (χ1) is 16.1. The van der Waals surface area contributed by atoms with Gasteiger partial charge in [-0.2, -0.15) is 5.10 Å². The molecule has 0 amide bonds. The fourth-order valence-electron chi connectivity index (χ4n) is 5.74. The number of H-pyrrole nitrogens is 1. The van der Waals surface area contributed by atoms with Crippen molar-refractivity contribution in [3.05, 3.63) is 53.5 Å². The van der Waals surface area contributed by atoms with Crippen LogP contribution in [0.3, 0.4) is 0 Å². The van der Waals surface area contributed by atoms with Crippen LogP contribution in [0.1, 0.15) is 62.1 Å². The Hall–Kier alpha value is -2.70. The number of rotatable bonds is 5. The van der Waals surface area contributed by atoms with Gasteiger partial charge in [-0.3, -0.25) is 4.90 Å². The van der Waals surface area contributed by atoms with Gasteiger partial charge in [-0.15, -0.1) is 0 Å². The average molecular weight is 444 g/mol. The number of pyridine rings is 1. The van der Waals surface area contributed by atoms with Gasteiger partial charge in [-0.25, -0.2) is 9.50 Å². The average Bonchev–Trinajstić information content (AvgIpc) is 3.41. The fourth-order valence-corrected chi connectivity index (χ4v) is 5.74. The van der Waals surface area contributed by atoms with Crippen molar-refractivity contribution in [2.24, 2.45) is 0 Å². The third kappa shape index (κ3) is 3.56. The van der Waals surface area contributed by atoms with Crippen LogP contribution in [-0.2, 0) is 11.2 Å². The highest BCUT2D eigenvalue weighted by Gasteiger charge is 2.30. The minimum Gasteiger partial charge on any atom is -0.378 e. The lowest BCUT2D eigenvalue weighted by atomic mass is 9.87. The number of nitrogens with one attached hydrogen (secondary N) is 1. The molecule has 1 aromatic carbocycles. The lowest BCUT2D eigenvalue weighted by Gasteiger charge is -2.41. The first-order valence-corrected chi connectivity index (χ1v) is 12.4. The van der Waals surface area contributed by atoms with Gasteiger partial charge in [-0.1, -0.05) is 26.8 Å². The van der Waals surface area contributed by atoms with Gasteiger partial charge in [-0.05, 0) is 79.1 Å². The molecule has 0 atom stereocenters. The second-order valence-corrected chi connectivity index (χ2v) is 10.0. The van der Waals surface area contributed by atoms with Crippen molar-refractivity contribution in [1.29, 1.82) is 0 Å². The van der Waals surface area contributed by atoms with Crippen LogP contribution in [0.25, 0.3) is 27.8 Å². The maximum atomic E-state index is 5.40. The van der Waals surface area contributed by atoms with Crippen molar-refractivity contribution in [3.8, 4) is 11.3 Å². The molecule has 0 spiro atoms. The predicted molar refractivity (Wildman–Crippen MR) is 132 cm³/mol. The third-order valence-electron chi connectivity index (χ3n) is 7.70. The van der Waals surface area contributed by atoms with Gasteiger partial charge in [0, 0.05) is 22.7 Å². The van der Waals surface area contributed by atoms with E-state index in [0.29, 0.717) is 17.9 Å². The zero-order valence-corrected chi connectivity index (χ0v) is 19.8. The number of aryl methyl sites for hydroxylation is 1. The largest absolute Gasteiger partial charge is 0.378 e. The van der Waals surface area contributed by atoms with Crippen LogP contribution in [0.4, 0.5) is 0 Å². The summed E-state index contributed by atoms with van der Waals surface area (Å²) in [6.45, 7) is 11.0. The molecule has 0 bridgehead atoms. The number of ether oxygens (including phenoxy) is 1. The molecular formula is C27H33N5O. The van der Waals surface area contributed by atoms with Crippen LogP contribution in [0.5, 0.6) is 0 Å². The molecule has 2 aliphatic heterocycles. The molecule has 172 valence electrons. The Bertz CT molecular complexity index is 1290. The van der Waals surface area contributed by atoms with E-state index in [1.807, 2.05) is 4.52 Å². The van der Waals surface area contributed by atoms with Gasteiger partial charge in [0.1, 0.15) is 6.33 Å². The minimum absolute atomic E-state index is 0.418. The first-order valence-electron chi connectivity index (χ1n) is 12.4. The van der Waals surface area contributed by atoms with Crippen molar-refractivity contribution in [1.82, 2.24) is 24.5 Å². The molecule has 0 unspecified atom stereocenters. The summed E-state index contributed by atoms with van der Waals surface area (Å²) in [4.78, 5) is 10.8. The quantitative estimate of drug-likeness (QED) is 0.464. The Morgan fingerprint density at radius 3 is 2.67 bits per heavy atom. The number of aromatic amines is 1. The van der Waals surface area contributed by atoms with Crippen LogP contribution in [0.15, 0.2) is 36.8 Å². The van der Waals surface area contributed by atoms with Crippen LogP contribution < -0.4 is 0 Å². The second-order valence-electron chi connectivity index (χ2n) is 10.0. The van der Waals surface area contributed by atoms with Gasteiger partial charge in [0.2, 0.25) is 0 Å². The monoisotopic (exact) mass is 443 g/mol. The Balaban J connectivity index is 1.38. The summed E-state index contributed by atoms with van der Waals surface area (Å²) in [6, 6.07) is 10.0. The summed E-state index contributed by atoms with van der Waals surface area (Å²) in [5.74, 6) is 1.06. The summed E-state index contributed by atoms with van der Waals surface area (Å²) < 4.78 is 7.31. The normalized spacial score (nSPS) is 18.5. The van der Waals surface area contributed by atoms with E-state index in [2.05, 4.69) is 71.2 Å². The SMILES string of the molecule is CCc1cc(-c2[nH]c3ccc(C4CCN(C5COC5)CC4)cc3c2C(C)C)cn2ncnc12. The van der Waals surface area contributed by atoms with Crippen LogP contribution >= 0.6 is 0 Å². The molecule has 2 saturated heterocycles. The number of hydrogen-bond donors (Lipinski definition) is 1. The topological polar surface area (TPSA) is 58.5 Å². The molecule has 6 heteroatoms. The molecule has 6 rings (SSSR count). The highest BCUT2D eigenvalue weighted by molar-refractivity contribution is 5.92. The van der Waals surface area contributed by atoms with Crippen LogP contribution in [0, 0.1) is 0 Å². The fraction of sp³-hybridized carbons (Fsp3) is 0.481. The van der Waals surface area contributed by atoms with Gasteiger partial charge >= 0.3 is 0 Å². The van der Waals surface area contributed by atoms with E-state index in [4.69, 9.17) is 4.74 Å². The molecule has 2 fully saturated rings. The lowest BCUT2D eigenvalue weighted by Crippen LogP contribution is -2.51. The van der Waals surface area contributed by atoms with Crippen molar-refractivity contribution < 1.29 is 4.74 Å². The molecule has 6 nitrogen and oxygen atoms in total. The van der Waals surface area contributed by atoms with E-state index in [0.717, 1.165) is 25.3 Å². The number of hydrogen-bond acceptors (Lipinski definition) is 4. The van der Waals surface area contributed by atoms with Crippen molar-refractivity contribution in [3.63, 3.8) is 0 Å². The number of likely N-dealkylation sites (tertiary alicyclic amines) is 1. The molecule has 33 heavy (non-hydrogen) atoms. The molecule has 3 aromatic heterocycles. The highest BCUT2D eigenvalue weighted by Crippen LogP contribution is 2.39. The van der Waals surface area contributed by atoms with Crippen molar-refractivity contribution in [2.45, 2.75) is 57.9 Å². The van der Waals surface area contributed by atoms with E-state index >= 15 is 0 Å². The summed E-state index contributed by atoms with van der Waals surface area (Å²) in [7, 11) is 0. The Labute approximate surface area is 195 Å². The van der Waals surface area contributed by atoms with Gasteiger partial charge in [0.25, 0.3) is 0 Å². The van der Waals surface area contributed by atoms with Gasteiger partial charge in [0.15, 0.2) is 5.65 Å². The maximum absolute atomic E-state index is 5.40. The molecule has 1 N–H and O–H groups in total. The molecular weight excluding hydrogens is 410 g/mol. The second kappa shape index (κ2) is 8.26. The van der Waals surface area contributed by atoms with Crippen molar-refractivity contribution >= 4 is 16.6 Å². The standard InChI is InChI=1S/C27H33N5O/c1-4-18-11-21(13-32-27(18)28-16-29-32)26-25(17(2)3)23-12-20(5-6-24(23)30-26)19-7-9-31(10-8-19)22-14-33-15-22/h5-6,11-13,16-17,19,22,30H,4,7-10,14-15H2,1-3H3. The van der Waals surface area contributed by atoms with E-state index in [1.54, 1.807) is 6.33 Å². The number of aromatic nitrogens is 4. The summed E-state index contributed by atoms with van der Waals surface area (Å²) in [5, 5.41) is 5.79. The van der Waals surface area contributed by atoms with Crippen molar-refractivity contribution in [2.75, 3.05) is 26.3 Å². The zero-order chi connectivity index (χ0) is 22.5. The summed E-state index contributed by atoms with van der Waals surface area (Å²) >= 11 is 0. The van der Waals surface area contributed by atoms with Crippen LogP contribution in [0.2, 0.25) is 0 Å². The van der Waals surface area contributed by atoms with E-state index < -0.39 is 0 Å². The summed E-state index contributed by atoms with van der Waals surface area (Å²) in [6.07, 6.45) is 7.16.